The minimum Gasteiger partial charge on any atom is -0.368 e. The van der Waals surface area contributed by atoms with Gasteiger partial charge < -0.3 is 9.74 Å². The third-order valence-corrected chi connectivity index (χ3v) is 7.02. The molecule has 0 unspecified atom stereocenters. The number of piperidine rings is 2. The van der Waals surface area contributed by atoms with Gasteiger partial charge in [-0.2, -0.15) is 5.10 Å². The molecule has 7 heteroatoms. The predicted octanol–water partition coefficient (Wildman–Crippen LogP) is 4.27. The van der Waals surface area contributed by atoms with Gasteiger partial charge in [0.05, 0.1) is 12.1 Å². The third kappa shape index (κ3) is 5.04. The Hall–Kier alpha value is -3.45. The Labute approximate surface area is 199 Å². The number of aromatic nitrogens is 2. The summed E-state index contributed by atoms with van der Waals surface area (Å²) >= 11 is 0. The number of hydroxylamine groups is 2. The van der Waals surface area contributed by atoms with E-state index in [9.17, 15) is 9.59 Å². The number of aromatic amines is 1. The van der Waals surface area contributed by atoms with Gasteiger partial charge >= 0.3 is 5.97 Å². The van der Waals surface area contributed by atoms with E-state index < -0.39 is 0 Å². The van der Waals surface area contributed by atoms with E-state index in [4.69, 9.17) is 4.84 Å². The van der Waals surface area contributed by atoms with Crippen LogP contribution in [0.2, 0.25) is 0 Å². The van der Waals surface area contributed by atoms with Crippen LogP contribution in [0.4, 0.5) is 0 Å². The lowest BCUT2D eigenvalue weighted by Gasteiger charge is -2.34. The lowest BCUT2D eigenvalue weighted by molar-refractivity contribution is -0.201. The predicted molar refractivity (Wildman–Crippen MR) is 129 cm³/mol. The molecule has 0 radical (unpaired) electrons. The minimum absolute atomic E-state index is 0.0345. The highest BCUT2D eigenvalue weighted by Gasteiger charge is 2.31. The zero-order valence-electron chi connectivity index (χ0n) is 19.2. The summed E-state index contributed by atoms with van der Waals surface area (Å²) < 4.78 is 0. The van der Waals surface area contributed by atoms with E-state index in [-0.39, 0.29) is 17.8 Å². The summed E-state index contributed by atoms with van der Waals surface area (Å²) in [6, 6.07) is 18.0. The van der Waals surface area contributed by atoms with E-state index in [1.807, 2.05) is 52.7 Å². The second-order valence-electron chi connectivity index (χ2n) is 9.16. The summed E-state index contributed by atoms with van der Waals surface area (Å²) in [5.74, 6) is 0.204. The molecule has 2 aromatic carbocycles. The van der Waals surface area contributed by atoms with E-state index in [2.05, 4.69) is 34.5 Å². The van der Waals surface area contributed by atoms with Crippen molar-refractivity contribution in [3.05, 3.63) is 78.1 Å². The molecule has 0 atom stereocenters. The number of hydrogen-bond acceptors (Lipinski definition) is 5. The average molecular weight is 459 g/mol. The van der Waals surface area contributed by atoms with Crippen molar-refractivity contribution in [2.75, 3.05) is 26.2 Å². The highest BCUT2D eigenvalue weighted by Crippen LogP contribution is 2.30. The first kappa shape index (κ1) is 22.3. The first-order chi connectivity index (χ1) is 16.7. The lowest BCUT2D eigenvalue weighted by Crippen LogP contribution is -2.42. The maximum Gasteiger partial charge on any atom is 0.328 e. The molecule has 3 aromatic rings. The van der Waals surface area contributed by atoms with Gasteiger partial charge in [-0.1, -0.05) is 42.5 Å². The van der Waals surface area contributed by atoms with E-state index in [1.54, 1.807) is 0 Å². The highest BCUT2D eigenvalue weighted by atomic mass is 16.7. The first-order valence-electron chi connectivity index (χ1n) is 12.1. The quantitative estimate of drug-likeness (QED) is 0.618. The van der Waals surface area contributed by atoms with Gasteiger partial charge in [-0.05, 0) is 54.9 Å². The molecule has 34 heavy (non-hydrogen) atoms. The number of rotatable bonds is 5. The number of nitrogens with zero attached hydrogens (tertiary/aromatic N) is 3. The lowest BCUT2D eigenvalue weighted by atomic mass is 9.89. The molecule has 176 valence electrons. The molecule has 3 heterocycles. The Balaban J connectivity index is 1.07. The smallest absolute Gasteiger partial charge is 0.328 e. The van der Waals surface area contributed by atoms with Crippen molar-refractivity contribution >= 4 is 11.9 Å². The van der Waals surface area contributed by atoms with Crippen molar-refractivity contribution in [1.82, 2.24) is 20.2 Å². The van der Waals surface area contributed by atoms with Gasteiger partial charge in [0.2, 0.25) is 0 Å². The summed E-state index contributed by atoms with van der Waals surface area (Å²) in [7, 11) is 0. The Morgan fingerprint density at radius 2 is 1.56 bits per heavy atom. The molecule has 0 aliphatic carbocycles. The van der Waals surface area contributed by atoms with Crippen molar-refractivity contribution in [1.29, 1.82) is 0 Å². The molecule has 0 bridgehead atoms. The normalized spacial score (nSPS) is 18.1. The monoisotopic (exact) mass is 458 g/mol. The van der Waals surface area contributed by atoms with Gasteiger partial charge in [0.1, 0.15) is 0 Å². The molecule has 1 N–H and O–H groups in total. The summed E-state index contributed by atoms with van der Waals surface area (Å²) in [6.45, 7) is 2.66. The van der Waals surface area contributed by atoms with E-state index >= 15 is 0 Å². The molecule has 0 saturated carbocycles. The van der Waals surface area contributed by atoms with Gasteiger partial charge in [0.15, 0.2) is 0 Å². The van der Waals surface area contributed by atoms with Crippen LogP contribution in [0, 0.1) is 5.92 Å². The third-order valence-electron chi connectivity index (χ3n) is 7.02. The second-order valence-corrected chi connectivity index (χ2v) is 9.16. The fraction of sp³-hybridized carbons (Fsp3) is 0.370. The summed E-state index contributed by atoms with van der Waals surface area (Å²) in [5, 5.41) is 8.68. The molecule has 1 aromatic heterocycles. The molecular weight excluding hydrogens is 428 g/mol. The van der Waals surface area contributed by atoms with Crippen LogP contribution in [-0.2, 0) is 9.63 Å². The molecule has 7 nitrogen and oxygen atoms in total. The molecule has 2 aliphatic heterocycles. The number of carbonyl (C=O) groups excluding carboxylic acids is 2. The van der Waals surface area contributed by atoms with Gasteiger partial charge in [0.25, 0.3) is 5.91 Å². The SMILES string of the molecule is O=C(ON1CCC(c2ccc(-c3cn[nH]c3)cc2)CC1)C1CCN(C(=O)c2ccccc2)CC1. The molecule has 5 rings (SSSR count). The van der Waals surface area contributed by atoms with Gasteiger partial charge in [0, 0.05) is 43.5 Å². The second kappa shape index (κ2) is 10.2. The Morgan fingerprint density at radius 1 is 0.853 bits per heavy atom. The van der Waals surface area contributed by atoms with Gasteiger partial charge in [-0.3, -0.25) is 14.7 Å². The van der Waals surface area contributed by atoms with Crippen LogP contribution >= 0.6 is 0 Å². The summed E-state index contributed by atoms with van der Waals surface area (Å²) in [5.41, 5.74) is 4.26. The van der Waals surface area contributed by atoms with Crippen LogP contribution < -0.4 is 0 Å². The average Bonchev–Trinajstić information content (AvgIpc) is 3.45. The maximum absolute atomic E-state index is 12.7. The number of carbonyl (C=O) groups is 2. The van der Waals surface area contributed by atoms with Crippen LogP contribution in [0.5, 0.6) is 0 Å². The van der Waals surface area contributed by atoms with Gasteiger partial charge in [-0.25, -0.2) is 0 Å². The fourth-order valence-corrected chi connectivity index (χ4v) is 4.92. The number of amides is 1. The highest BCUT2D eigenvalue weighted by molar-refractivity contribution is 5.94. The summed E-state index contributed by atoms with van der Waals surface area (Å²) in [6.07, 6.45) is 6.94. The van der Waals surface area contributed by atoms with Crippen LogP contribution in [0.3, 0.4) is 0 Å². The van der Waals surface area contributed by atoms with Crippen molar-refractivity contribution in [2.24, 2.45) is 5.92 Å². The van der Waals surface area contributed by atoms with Crippen molar-refractivity contribution in [3.63, 3.8) is 0 Å². The van der Waals surface area contributed by atoms with Crippen LogP contribution in [0.15, 0.2) is 67.0 Å². The number of benzene rings is 2. The van der Waals surface area contributed by atoms with Crippen molar-refractivity contribution < 1.29 is 14.4 Å². The van der Waals surface area contributed by atoms with Crippen LogP contribution in [0.1, 0.15) is 47.5 Å². The topological polar surface area (TPSA) is 78.5 Å². The number of H-pyrrole nitrogens is 1. The van der Waals surface area contributed by atoms with E-state index in [0.717, 1.165) is 37.1 Å². The molecule has 2 fully saturated rings. The van der Waals surface area contributed by atoms with E-state index in [1.165, 1.54) is 5.56 Å². The fourth-order valence-electron chi connectivity index (χ4n) is 4.92. The molecule has 2 aliphatic rings. The molecule has 2 saturated heterocycles. The Morgan fingerprint density at radius 3 is 2.21 bits per heavy atom. The molecule has 0 spiro atoms. The molecular formula is C27H30N4O3. The standard InChI is InChI=1S/C27H30N4O3/c32-26(23-4-2-1-3-5-23)30-14-10-24(11-15-30)27(33)34-31-16-12-22(13-17-31)20-6-8-21(9-7-20)25-18-28-29-19-25/h1-9,18-19,22,24H,10-17H2,(H,28,29). The Kier molecular flexibility index (Phi) is 6.72. The maximum atomic E-state index is 12.7. The largest absolute Gasteiger partial charge is 0.368 e. The minimum atomic E-state index is -0.158. The summed E-state index contributed by atoms with van der Waals surface area (Å²) in [4.78, 5) is 32.9. The van der Waals surface area contributed by atoms with Crippen LogP contribution in [-0.4, -0.2) is 58.2 Å². The van der Waals surface area contributed by atoms with Crippen LogP contribution in [0.25, 0.3) is 11.1 Å². The number of hydrogen-bond donors (Lipinski definition) is 1. The zero-order chi connectivity index (χ0) is 23.3. The first-order valence-corrected chi connectivity index (χ1v) is 12.1. The molecule has 1 amide bonds. The zero-order valence-corrected chi connectivity index (χ0v) is 19.2. The van der Waals surface area contributed by atoms with Gasteiger partial charge in [-0.15, -0.1) is 5.06 Å². The number of nitrogens with one attached hydrogen (secondary N) is 1. The van der Waals surface area contributed by atoms with Crippen molar-refractivity contribution in [3.8, 4) is 11.1 Å². The Bertz CT molecular complexity index is 1080. The van der Waals surface area contributed by atoms with E-state index in [0.29, 0.717) is 37.4 Å². The van der Waals surface area contributed by atoms with Crippen molar-refractivity contribution in [2.45, 2.75) is 31.6 Å². The number of likely N-dealkylation sites (tertiary alicyclic amines) is 1.